The van der Waals surface area contributed by atoms with Gasteiger partial charge < -0.3 is 19.1 Å². The fraction of sp³-hybridized carbons (Fsp3) is 0.667. The third-order valence-corrected chi connectivity index (χ3v) is 4.01. The smallest absolute Gasteiger partial charge is 0.264 e. The van der Waals surface area contributed by atoms with E-state index in [2.05, 4.69) is 4.90 Å². The second kappa shape index (κ2) is 4.38. The number of rotatable bonds is 1. The number of carbonyl (C=O) groups excluding carboxylic acids is 1. The van der Waals surface area contributed by atoms with E-state index < -0.39 is 5.79 Å². The summed E-state index contributed by atoms with van der Waals surface area (Å²) >= 11 is 5.49. The highest BCUT2D eigenvalue weighted by Gasteiger charge is 2.59. The fourth-order valence-corrected chi connectivity index (χ4v) is 3.04. The van der Waals surface area contributed by atoms with Crippen molar-refractivity contribution in [3.8, 4) is 0 Å². The maximum atomic E-state index is 12.0. The first-order chi connectivity index (χ1) is 8.67. The Kier molecular flexibility index (Phi) is 2.97. The zero-order valence-corrected chi connectivity index (χ0v) is 11.0. The predicted octanol–water partition coefficient (Wildman–Crippen LogP) is 0.288. The Morgan fingerprint density at radius 1 is 1.22 bits per heavy atom. The van der Waals surface area contributed by atoms with Gasteiger partial charge in [-0.15, -0.1) is 0 Å². The average molecular weight is 269 g/mol. The Labute approximate surface area is 111 Å². The van der Waals surface area contributed by atoms with E-state index in [0.717, 1.165) is 18.7 Å². The first kappa shape index (κ1) is 12.2. The van der Waals surface area contributed by atoms with Crippen molar-refractivity contribution in [1.29, 1.82) is 0 Å². The molecule has 5 nitrogen and oxygen atoms in total. The van der Waals surface area contributed by atoms with Gasteiger partial charge in [0.1, 0.15) is 4.99 Å². The molecule has 0 unspecified atom stereocenters. The molecule has 0 aromatic heterocycles. The normalized spacial score (nSPS) is 26.7. The molecule has 2 saturated heterocycles. The average Bonchev–Trinajstić information content (AvgIpc) is 2.91. The van der Waals surface area contributed by atoms with Gasteiger partial charge in [-0.1, -0.05) is 12.2 Å². The lowest BCUT2D eigenvalue weighted by Gasteiger charge is -2.41. The van der Waals surface area contributed by atoms with Gasteiger partial charge >= 0.3 is 0 Å². The minimum atomic E-state index is -1.19. The number of ether oxygens (including phenoxy) is 3. The molecule has 0 saturated carbocycles. The van der Waals surface area contributed by atoms with Gasteiger partial charge in [0.25, 0.3) is 5.79 Å². The molecule has 18 heavy (non-hydrogen) atoms. The molecule has 0 atom stereocenters. The van der Waals surface area contributed by atoms with Crippen molar-refractivity contribution in [3.05, 3.63) is 11.1 Å². The molecule has 0 aromatic carbocycles. The predicted molar refractivity (Wildman–Crippen MR) is 67.3 cm³/mol. The summed E-state index contributed by atoms with van der Waals surface area (Å²) in [5.74, 6) is -1.29. The van der Waals surface area contributed by atoms with Gasteiger partial charge in [-0.05, 0) is 6.92 Å². The van der Waals surface area contributed by atoms with Crippen LogP contribution in [-0.4, -0.2) is 61.0 Å². The Morgan fingerprint density at radius 2 is 1.83 bits per heavy atom. The van der Waals surface area contributed by atoms with E-state index in [1.165, 1.54) is 0 Å². The summed E-state index contributed by atoms with van der Waals surface area (Å²) in [7, 11) is 0. The molecule has 3 aliphatic rings. The molecule has 2 heterocycles. The minimum Gasteiger partial charge on any atom is -0.378 e. The SMILES string of the molecule is CC1=C(C(=S)N2CCOCC2)C2(OCCO2)C1=O. The minimum absolute atomic E-state index is 0.0920. The summed E-state index contributed by atoms with van der Waals surface area (Å²) in [5, 5.41) is 0. The summed E-state index contributed by atoms with van der Waals surface area (Å²) in [6.07, 6.45) is 0. The molecule has 0 amide bonds. The molecule has 2 fully saturated rings. The van der Waals surface area contributed by atoms with Gasteiger partial charge in [0.15, 0.2) is 0 Å². The lowest BCUT2D eigenvalue weighted by atomic mass is 9.80. The lowest BCUT2D eigenvalue weighted by molar-refractivity contribution is -0.169. The molecule has 1 aliphatic carbocycles. The van der Waals surface area contributed by atoms with Crippen molar-refractivity contribution in [1.82, 2.24) is 4.90 Å². The number of hydrogen-bond acceptors (Lipinski definition) is 5. The molecule has 6 heteroatoms. The summed E-state index contributed by atoms with van der Waals surface area (Å²) in [5.41, 5.74) is 1.40. The van der Waals surface area contributed by atoms with Crippen LogP contribution in [0.5, 0.6) is 0 Å². The van der Waals surface area contributed by atoms with E-state index in [0.29, 0.717) is 37.0 Å². The van der Waals surface area contributed by atoms with Crippen molar-refractivity contribution < 1.29 is 19.0 Å². The van der Waals surface area contributed by atoms with Crippen LogP contribution in [0.15, 0.2) is 11.1 Å². The number of morpholine rings is 1. The van der Waals surface area contributed by atoms with E-state index >= 15 is 0 Å². The number of Topliss-reactive ketones (excluding diaryl/α,β-unsaturated/α-hetero) is 1. The monoisotopic (exact) mass is 269 g/mol. The number of nitrogens with zero attached hydrogens (tertiary/aromatic N) is 1. The van der Waals surface area contributed by atoms with Crippen LogP contribution in [0.3, 0.4) is 0 Å². The van der Waals surface area contributed by atoms with Crippen LogP contribution in [0.2, 0.25) is 0 Å². The van der Waals surface area contributed by atoms with Gasteiger partial charge in [0.05, 0.1) is 32.0 Å². The molecule has 0 bridgehead atoms. The van der Waals surface area contributed by atoms with Gasteiger partial charge in [0.2, 0.25) is 5.78 Å². The van der Waals surface area contributed by atoms with E-state index in [-0.39, 0.29) is 5.78 Å². The highest BCUT2D eigenvalue weighted by Crippen LogP contribution is 2.43. The molecule has 98 valence electrons. The number of ketones is 1. The van der Waals surface area contributed by atoms with Crippen LogP contribution in [0, 0.1) is 0 Å². The van der Waals surface area contributed by atoms with Gasteiger partial charge in [0, 0.05) is 18.7 Å². The molecule has 0 N–H and O–H groups in total. The largest absolute Gasteiger partial charge is 0.378 e. The van der Waals surface area contributed by atoms with Crippen LogP contribution in [0.4, 0.5) is 0 Å². The zero-order valence-electron chi connectivity index (χ0n) is 10.2. The molecular formula is C12H15NO4S. The molecule has 2 aliphatic heterocycles. The topological polar surface area (TPSA) is 48.0 Å². The fourth-order valence-electron chi connectivity index (χ4n) is 2.57. The van der Waals surface area contributed by atoms with E-state index in [1.807, 2.05) is 0 Å². The molecule has 0 aromatic rings. The zero-order chi connectivity index (χ0) is 12.8. The standard InChI is InChI=1S/C12H15NO4S/c1-8-9(11(18)13-2-4-15-5-3-13)12(10(8)14)16-6-7-17-12/h2-7H2,1H3. The Morgan fingerprint density at radius 3 is 2.44 bits per heavy atom. The van der Waals surface area contributed by atoms with Crippen LogP contribution < -0.4 is 0 Å². The number of thiocarbonyl (C=S) groups is 1. The Hall–Kier alpha value is -0.820. The van der Waals surface area contributed by atoms with E-state index in [4.69, 9.17) is 26.4 Å². The quantitative estimate of drug-likeness (QED) is 0.638. The van der Waals surface area contributed by atoms with Crippen LogP contribution >= 0.6 is 12.2 Å². The number of hydrogen-bond donors (Lipinski definition) is 0. The van der Waals surface area contributed by atoms with Gasteiger partial charge in [-0.25, -0.2) is 0 Å². The van der Waals surface area contributed by atoms with Crippen LogP contribution in [-0.2, 0) is 19.0 Å². The second-order valence-electron chi connectivity index (χ2n) is 4.55. The van der Waals surface area contributed by atoms with Gasteiger partial charge in [-0.2, -0.15) is 0 Å². The van der Waals surface area contributed by atoms with Crippen molar-refractivity contribution in [2.45, 2.75) is 12.7 Å². The summed E-state index contributed by atoms with van der Waals surface area (Å²) < 4.78 is 16.3. The Balaban J connectivity index is 1.86. The lowest BCUT2D eigenvalue weighted by Crippen LogP contribution is -2.57. The van der Waals surface area contributed by atoms with Crippen molar-refractivity contribution >= 4 is 23.0 Å². The number of carbonyl (C=O) groups is 1. The molecule has 0 radical (unpaired) electrons. The molecule has 1 spiro atoms. The maximum absolute atomic E-state index is 12.0. The van der Waals surface area contributed by atoms with Gasteiger partial charge in [-0.3, -0.25) is 4.79 Å². The second-order valence-corrected chi connectivity index (χ2v) is 4.93. The molecular weight excluding hydrogens is 254 g/mol. The van der Waals surface area contributed by atoms with Crippen LogP contribution in [0.1, 0.15) is 6.92 Å². The highest BCUT2D eigenvalue weighted by molar-refractivity contribution is 7.80. The third-order valence-electron chi connectivity index (χ3n) is 3.55. The van der Waals surface area contributed by atoms with E-state index in [1.54, 1.807) is 6.92 Å². The summed E-state index contributed by atoms with van der Waals surface area (Å²) in [4.78, 5) is 14.7. The van der Waals surface area contributed by atoms with Crippen molar-refractivity contribution in [2.24, 2.45) is 0 Å². The summed E-state index contributed by atoms with van der Waals surface area (Å²) in [6.45, 7) is 5.48. The Bertz CT molecular complexity index is 433. The highest BCUT2D eigenvalue weighted by atomic mass is 32.1. The van der Waals surface area contributed by atoms with Crippen molar-refractivity contribution in [3.63, 3.8) is 0 Å². The first-order valence-corrected chi connectivity index (χ1v) is 6.49. The van der Waals surface area contributed by atoms with E-state index in [9.17, 15) is 4.79 Å². The third kappa shape index (κ3) is 1.56. The maximum Gasteiger partial charge on any atom is 0.264 e. The van der Waals surface area contributed by atoms with Crippen molar-refractivity contribution in [2.75, 3.05) is 39.5 Å². The van der Waals surface area contributed by atoms with Crippen LogP contribution in [0.25, 0.3) is 0 Å². The first-order valence-electron chi connectivity index (χ1n) is 6.08. The molecule has 3 rings (SSSR count). The summed E-state index contributed by atoms with van der Waals surface area (Å²) in [6, 6.07) is 0.